The number of aromatic amines is 1. The molecule has 0 aromatic carbocycles. The standard InChI is InChI=1S/C9H11F3N2O4/c1-18-6(16)2-5(15)7(17)4-3-13-14-8(4)9(10,11)12/h3,5,7,15,17H,2H2,1H3,(H,13,14). The number of nitrogens with zero attached hydrogens (tertiary/aromatic N) is 1. The zero-order valence-corrected chi connectivity index (χ0v) is 9.23. The summed E-state index contributed by atoms with van der Waals surface area (Å²) in [4.78, 5) is 10.8. The highest BCUT2D eigenvalue weighted by Crippen LogP contribution is 2.34. The number of carbonyl (C=O) groups is 1. The van der Waals surface area contributed by atoms with Crippen LogP contribution < -0.4 is 0 Å². The summed E-state index contributed by atoms with van der Waals surface area (Å²) in [6.07, 6.45) is -8.22. The molecule has 2 unspecified atom stereocenters. The van der Waals surface area contributed by atoms with Crippen LogP contribution >= 0.6 is 0 Å². The van der Waals surface area contributed by atoms with Crippen molar-refractivity contribution in [1.29, 1.82) is 0 Å². The summed E-state index contributed by atoms with van der Waals surface area (Å²) >= 11 is 0. The van der Waals surface area contributed by atoms with E-state index < -0.39 is 42.0 Å². The van der Waals surface area contributed by atoms with Gasteiger partial charge in [0.05, 0.1) is 25.8 Å². The number of methoxy groups -OCH3 is 1. The summed E-state index contributed by atoms with van der Waals surface area (Å²) in [5, 5.41) is 23.8. The van der Waals surface area contributed by atoms with Gasteiger partial charge in [0.1, 0.15) is 11.8 Å². The van der Waals surface area contributed by atoms with E-state index in [1.165, 1.54) is 0 Å². The zero-order valence-electron chi connectivity index (χ0n) is 9.23. The number of aromatic nitrogens is 2. The molecule has 2 atom stereocenters. The Hall–Kier alpha value is -1.61. The largest absolute Gasteiger partial charge is 0.469 e. The fraction of sp³-hybridized carbons (Fsp3) is 0.556. The molecule has 0 radical (unpaired) electrons. The number of H-pyrrole nitrogens is 1. The highest BCUT2D eigenvalue weighted by atomic mass is 19.4. The van der Waals surface area contributed by atoms with Crippen LogP contribution in [0.5, 0.6) is 0 Å². The van der Waals surface area contributed by atoms with Gasteiger partial charge in [-0.1, -0.05) is 0 Å². The SMILES string of the molecule is COC(=O)CC(O)C(O)c1cn[nH]c1C(F)(F)F. The molecule has 0 spiro atoms. The molecule has 1 rings (SSSR count). The average molecular weight is 268 g/mol. The van der Waals surface area contributed by atoms with Gasteiger partial charge < -0.3 is 14.9 Å². The van der Waals surface area contributed by atoms with E-state index in [1.54, 1.807) is 5.10 Å². The molecule has 18 heavy (non-hydrogen) atoms. The van der Waals surface area contributed by atoms with Gasteiger partial charge in [-0.3, -0.25) is 9.89 Å². The molecule has 9 heteroatoms. The van der Waals surface area contributed by atoms with Crippen LogP contribution in [-0.2, 0) is 15.7 Å². The lowest BCUT2D eigenvalue weighted by molar-refractivity contribution is -0.146. The number of hydrogen-bond acceptors (Lipinski definition) is 5. The van der Waals surface area contributed by atoms with E-state index >= 15 is 0 Å². The first-order chi connectivity index (χ1) is 8.27. The molecule has 3 N–H and O–H groups in total. The molecule has 0 saturated heterocycles. The van der Waals surface area contributed by atoms with Crippen molar-refractivity contribution >= 4 is 5.97 Å². The molecule has 0 saturated carbocycles. The molecule has 0 amide bonds. The lowest BCUT2D eigenvalue weighted by atomic mass is 10.0. The third-order valence-electron chi connectivity index (χ3n) is 2.24. The van der Waals surface area contributed by atoms with Crippen LogP contribution in [0.25, 0.3) is 0 Å². The summed E-state index contributed by atoms with van der Waals surface area (Å²) in [7, 11) is 1.06. The molecular formula is C9H11F3N2O4. The predicted molar refractivity (Wildman–Crippen MR) is 51.2 cm³/mol. The Balaban J connectivity index is 2.87. The van der Waals surface area contributed by atoms with E-state index in [0.29, 0.717) is 0 Å². The monoisotopic (exact) mass is 268 g/mol. The molecule has 0 aliphatic rings. The number of alkyl halides is 3. The van der Waals surface area contributed by atoms with Gasteiger partial charge in [-0.2, -0.15) is 18.3 Å². The van der Waals surface area contributed by atoms with Gasteiger partial charge in [0.15, 0.2) is 0 Å². The Kier molecular flexibility index (Phi) is 4.30. The molecule has 0 aliphatic carbocycles. The van der Waals surface area contributed by atoms with Gasteiger partial charge >= 0.3 is 12.1 Å². The van der Waals surface area contributed by atoms with Crippen molar-refractivity contribution in [2.45, 2.75) is 24.8 Å². The highest BCUT2D eigenvalue weighted by molar-refractivity contribution is 5.69. The van der Waals surface area contributed by atoms with Crippen LogP contribution in [0.4, 0.5) is 13.2 Å². The minimum atomic E-state index is -4.74. The van der Waals surface area contributed by atoms with Crippen molar-refractivity contribution in [3.63, 3.8) is 0 Å². The number of aliphatic hydroxyl groups excluding tert-OH is 2. The fourth-order valence-electron chi connectivity index (χ4n) is 1.32. The zero-order chi connectivity index (χ0) is 13.9. The lowest BCUT2D eigenvalue weighted by Crippen LogP contribution is -2.24. The number of rotatable bonds is 4. The molecule has 1 heterocycles. The van der Waals surface area contributed by atoms with Crippen LogP contribution in [0, 0.1) is 0 Å². The number of aliphatic hydroxyl groups is 2. The molecule has 0 bridgehead atoms. The van der Waals surface area contributed by atoms with Gasteiger partial charge in [-0.15, -0.1) is 0 Å². The van der Waals surface area contributed by atoms with Gasteiger partial charge in [0, 0.05) is 5.56 Å². The minimum Gasteiger partial charge on any atom is -0.469 e. The summed E-state index contributed by atoms with van der Waals surface area (Å²) in [5.41, 5.74) is -1.89. The Morgan fingerprint density at radius 2 is 2.17 bits per heavy atom. The van der Waals surface area contributed by atoms with Crippen molar-refractivity contribution in [1.82, 2.24) is 10.2 Å². The Bertz CT molecular complexity index is 418. The number of nitrogens with one attached hydrogen (secondary N) is 1. The summed E-state index contributed by atoms with van der Waals surface area (Å²) in [6, 6.07) is 0. The first-order valence-electron chi connectivity index (χ1n) is 4.80. The third kappa shape index (κ3) is 3.20. The molecule has 1 aromatic heterocycles. The van der Waals surface area contributed by atoms with Crippen molar-refractivity contribution in [3.05, 3.63) is 17.5 Å². The first kappa shape index (κ1) is 14.5. The second-order valence-electron chi connectivity index (χ2n) is 3.49. The van der Waals surface area contributed by atoms with Crippen molar-refractivity contribution in [2.24, 2.45) is 0 Å². The van der Waals surface area contributed by atoms with E-state index in [4.69, 9.17) is 0 Å². The number of ether oxygens (including phenoxy) is 1. The van der Waals surface area contributed by atoms with E-state index in [0.717, 1.165) is 13.3 Å². The van der Waals surface area contributed by atoms with Crippen molar-refractivity contribution in [3.8, 4) is 0 Å². The summed E-state index contributed by atoms with van der Waals surface area (Å²) < 4.78 is 41.7. The summed E-state index contributed by atoms with van der Waals surface area (Å²) in [6.45, 7) is 0. The van der Waals surface area contributed by atoms with Crippen LogP contribution in [0.3, 0.4) is 0 Å². The van der Waals surface area contributed by atoms with Crippen molar-refractivity contribution in [2.75, 3.05) is 7.11 Å². The van der Waals surface area contributed by atoms with Gasteiger partial charge in [-0.05, 0) is 0 Å². The van der Waals surface area contributed by atoms with Crippen molar-refractivity contribution < 1.29 is 32.9 Å². The molecular weight excluding hydrogens is 257 g/mol. The number of carbonyl (C=O) groups excluding carboxylic acids is 1. The van der Waals surface area contributed by atoms with E-state index in [9.17, 15) is 28.2 Å². The highest BCUT2D eigenvalue weighted by Gasteiger charge is 2.39. The maximum atomic E-state index is 12.5. The maximum Gasteiger partial charge on any atom is 0.433 e. The maximum absolute atomic E-state index is 12.5. The fourth-order valence-corrected chi connectivity index (χ4v) is 1.32. The number of halogens is 3. The Morgan fingerprint density at radius 1 is 1.56 bits per heavy atom. The van der Waals surface area contributed by atoms with Crippen LogP contribution in [-0.4, -0.2) is 39.6 Å². The molecule has 102 valence electrons. The van der Waals surface area contributed by atoms with Gasteiger partial charge in [-0.25, -0.2) is 0 Å². The minimum absolute atomic E-state index is 0.625. The van der Waals surface area contributed by atoms with E-state index in [1.807, 2.05) is 0 Å². The normalized spacial score (nSPS) is 15.2. The topological polar surface area (TPSA) is 95.4 Å². The molecule has 6 nitrogen and oxygen atoms in total. The second-order valence-corrected chi connectivity index (χ2v) is 3.49. The van der Waals surface area contributed by atoms with Gasteiger partial charge in [0.2, 0.25) is 0 Å². The first-order valence-corrected chi connectivity index (χ1v) is 4.80. The Morgan fingerprint density at radius 3 is 2.67 bits per heavy atom. The quantitative estimate of drug-likeness (QED) is 0.686. The number of hydrogen-bond donors (Lipinski definition) is 3. The predicted octanol–water partition coefficient (Wildman–Crippen LogP) is 0.386. The Labute approximate surface area is 99.4 Å². The average Bonchev–Trinajstić information content (AvgIpc) is 2.76. The third-order valence-corrected chi connectivity index (χ3v) is 2.24. The smallest absolute Gasteiger partial charge is 0.433 e. The van der Waals surface area contributed by atoms with Crippen LogP contribution in [0.15, 0.2) is 6.20 Å². The second kappa shape index (κ2) is 5.36. The summed E-state index contributed by atoms with van der Waals surface area (Å²) in [5.74, 6) is -0.849. The van der Waals surface area contributed by atoms with E-state index in [-0.39, 0.29) is 0 Å². The van der Waals surface area contributed by atoms with Crippen LogP contribution in [0.2, 0.25) is 0 Å². The molecule has 0 fully saturated rings. The number of esters is 1. The lowest BCUT2D eigenvalue weighted by Gasteiger charge is -2.17. The van der Waals surface area contributed by atoms with E-state index in [2.05, 4.69) is 9.84 Å². The van der Waals surface area contributed by atoms with Gasteiger partial charge in [0.25, 0.3) is 0 Å². The van der Waals surface area contributed by atoms with Crippen LogP contribution in [0.1, 0.15) is 23.8 Å². The molecule has 1 aromatic rings. The molecule has 0 aliphatic heterocycles.